The Hall–Kier alpha value is -2.27. The smallest absolute Gasteiger partial charge is 0.384 e. The highest BCUT2D eigenvalue weighted by Gasteiger charge is 2.62. The molecule has 0 aromatic carbocycles. The third-order valence-electron chi connectivity index (χ3n) is 4.06. The summed E-state index contributed by atoms with van der Waals surface area (Å²) in [4.78, 5) is 25.6. The van der Waals surface area contributed by atoms with Crippen molar-refractivity contribution in [3.63, 3.8) is 0 Å². The van der Waals surface area contributed by atoms with Crippen LogP contribution in [0.4, 0.5) is 19.4 Å². The molecule has 1 aliphatic heterocycles. The maximum Gasteiger partial charge on any atom is 0.499 e. The molecule has 1 aromatic rings. The van der Waals surface area contributed by atoms with Crippen LogP contribution in [0.2, 0.25) is 0 Å². The number of amides is 2. The van der Waals surface area contributed by atoms with Gasteiger partial charge in [-0.3, -0.25) is 0 Å². The summed E-state index contributed by atoms with van der Waals surface area (Å²) in [5, 5.41) is 14.8. The second-order valence-electron chi connectivity index (χ2n) is 6.10. The lowest BCUT2D eigenvalue weighted by Crippen LogP contribution is -2.60. The molecule has 3 unspecified atom stereocenters. The fourth-order valence-corrected chi connectivity index (χ4v) is 2.61. The lowest BCUT2D eigenvalue weighted by molar-refractivity contribution is -0.789. The van der Waals surface area contributed by atoms with Crippen molar-refractivity contribution in [1.82, 2.24) is 15.6 Å². The summed E-state index contributed by atoms with van der Waals surface area (Å²) in [6, 6.07) is 0.685. The van der Waals surface area contributed by atoms with E-state index in [-0.39, 0.29) is 12.4 Å². The molecule has 1 saturated heterocycles. The Morgan fingerprint density at radius 2 is 2.19 bits per heavy atom. The Morgan fingerprint density at radius 3 is 2.85 bits per heavy atom. The van der Waals surface area contributed by atoms with Gasteiger partial charge in [0.05, 0.1) is 0 Å². The first-order valence-electron chi connectivity index (χ1n) is 8.40. The Labute approximate surface area is 148 Å². The molecule has 0 bridgehead atoms. The van der Waals surface area contributed by atoms with Gasteiger partial charge in [0.1, 0.15) is 12.3 Å². The number of aliphatic hydroxyl groups is 1. The van der Waals surface area contributed by atoms with Gasteiger partial charge in [0.15, 0.2) is 11.9 Å². The van der Waals surface area contributed by atoms with Crippen LogP contribution in [0.1, 0.15) is 32.4 Å². The van der Waals surface area contributed by atoms with E-state index >= 15 is 0 Å². The molecule has 146 valence electrons. The summed E-state index contributed by atoms with van der Waals surface area (Å²) in [5.74, 6) is -3.72. The van der Waals surface area contributed by atoms with Crippen LogP contribution < -0.4 is 26.6 Å². The first kappa shape index (κ1) is 20.0. The summed E-state index contributed by atoms with van der Waals surface area (Å²) >= 11 is 0. The van der Waals surface area contributed by atoms with Crippen LogP contribution in [-0.4, -0.2) is 47.3 Å². The first-order valence-corrected chi connectivity index (χ1v) is 8.40. The zero-order valence-electron chi connectivity index (χ0n) is 14.4. The summed E-state index contributed by atoms with van der Waals surface area (Å²) in [6.45, 7) is 2.16. The Balaban J connectivity index is 1.97. The fourth-order valence-electron chi connectivity index (χ4n) is 2.61. The molecule has 11 heteroatoms. The van der Waals surface area contributed by atoms with Gasteiger partial charge in [-0.25, -0.2) is 4.79 Å². The topological polar surface area (TPSA) is 133 Å². The van der Waals surface area contributed by atoms with Crippen molar-refractivity contribution >= 4 is 11.8 Å². The highest BCUT2D eigenvalue weighted by atomic mass is 19.3. The number of hydrogen-bond acceptors (Lipinski definition) is 5. The number of unbranched alkanes of at least 4 members (excludes halogenated alkanes) is 2. The van der Waals surface area contributed by atoms with E-state index in [2.05, 4.69) is 15.6 Å². The minimum atomic E-state index is -3.72. The molecular formula is C15H24F2N5O4+. The molecule has 0 saturated carbocycles. The van der Waals surface area contributed by atoms with Gasteiger partial charge >= 0.3 is 17.6 Å². The average molecular weight is 376 g/mol. The van der Waals surface area contributed by atoms with Gasteiger partial charge < -0.3 is 26.2 Å². The largest absolute Gasteiger partial charge is 0.499 e. The number of aromatic amines is 1. The number of alkyl halides is 2. The predicted octanol–water partition coefficient (Wildman–Crippen LogP) is -0.372. The normalized spacial score (nSPS) is 24.4. The van der Waals surface area contributed by atoms with E-state index in [1.54, 1.807) is 0 Å². The molecule has 3 atom stereocenters. The molecule has 2 heterocycles. The van der Waals surface area contributed by atoms with E-state index < -0.39 is 36.1 Å². The van der Waals surface area contributed by atoms with Gasteiger partial charge in [0.2, 0.25) is 0 Å². The first-order chi connectivity index (χ1) is 12.3. The van der Waals surface area contributed by atoms with Crippen LogP contribution in [0.5, 0.6) is 0 Å². The molecule has 0 spiro atoms. The number of nitrogens with two attached hydrogens (primary N) is 1. The number of carbonyl (C=O) groups excluding carboxylic acids is 1. The van der Waals surface area contributed by atoms with E-state index in [9.17, 15) is 23.5 Å². The van der Waals surface area contributed by atoms with Crippen molar-refractivity contribution < 1.29 is 28.0 Å². The number of carbonyl (C=O) groups is 1. The summed E-state index contributed by atoms with van der Waals surface area (Å²) in [7, 11) is 0. The lowest BCUT2D eigenvalue weighted by atomic mass is 10.1. The van der Waals surface area contributed by atoms with Gasteiger partial charge in [-0.05, 0) is 6.42 Å². The second-order valence-corrected chi connectivity index (χ2v) is 6.10. The van der Waals surface area contributed by atoms with Crippen LogP contribution in [0, 0.1) is 0 Å². The number of rotatable bonds is 7. The molecule has 0 radical (unpaired) electrons. The summed E-state index contributed by atoms with van der Waals surface area (Å²) < 4.78 is 34.4. The quantitative estimate of drug-likeness (QED) is 0.327. The van der Waals surface area contributed by atoms with E-state index in [0.717, 1.165) is 25.5 Å². The van der Waals surface area contributed by atoms with Crippen molar-refractivity contribution in [3.8, 4) is 0 Å². The maximum atomic E-state index is 14.3. The minimum Gasteiger partial charge on any atom is -0.384 e. The number of nitrogens with one attached hydrogen (secondary N) is 3. The van der Waals surface area contributed by atoms with Gasteiger partial charge in [0.25, 0.3) is 6.23 Å². The highest BCUT2D eigenvalue weighted by Crippen LogP contribution is 2.39. The third kappa shape index (κ3) is 4.47. The summed E-state index contributed by atoms with van der Waals surface area (Å²) in [5.41, 5.74) is 4.49. The van der Waals surface area contributed by atoms with Gasteiger partial charge in [-0.1, -0.05) is 19.8 Å². The number of urea groups is 1. The molecule has 1 fully saturated rings. The van der Waals surface area contributed by atoms with Crippen LogP contribution in [0.3, 0.4) is 0 Å². The van der Waals surface area contributed by atoms with Crippen LogP contribution >= 0.6 is 0 Å². The van der Waals surface area contributed by atoms with E-state index in [0.29, 0.717) is 11.1 Å². The van der Waals surface area contributed by atoms with Gasteiger partial charge in [0, 0.05) is 19.2 Å². The van der Waals surface area contributed by atoms with Crippen molar-refractivity contribution in [2.75, 3.05) is 18.8 Å². The number of ether oxygens (including phenoxy) is 1. The van der Waals surface area contributed by atoms with Gasteiger partial charge in [-0.2, -0.15) is 23.1 Å². The number of nitrogen functional groups attached to an aromatic ring is 1. The van der Waals surface area contributed by atoms with E-state index in [1.807, 2.05) is 6.92 Å². The Morgan fingerprint density at radius 1 is 1.46 bits per heavy atom. The Bertz CT molecular complexity index is 684. The molecule has 1 aromatic heterocycles. The zero-order valence-corrected chi connectivity index (χ0v) is 14.4. The van der Waals surface area contributed by atoms with Crippen LogP contribution in [0.15, 0.2) is 17.1 Å². The van der Waals surface area contributed by atoms with Crippen LogP contribution in [-0.2, 0) is 4.74 Å². The molecular weight excluding hydrogens is 352 g/mol. The molecule has 0 aliphatic carbocycles. The van der Waals surface area contributed by atoms with Crippen molar-refractivity contribution in [3.05, 3.63) is 22.7 Å². The molecule has 2 amide bonds. The fraction of sp³-hybridized carbons (Fsp3) is 0.667. The molecule has 2 rings (SSSR count). The van der Waals surface area contributed by atoms with Crippen molar-refractivity contribution in [1.29, 1.82) is 0 Å². The number of anilines is 1. The number of aromatic nitrogens is 2. The number of hydrogen-bond donors (Lipinski definition) is 5. The SMILES string of the molecule is CCCCCNC(=O)NCC1OC([n+]2ccc(N)[nH]c2=O)C(F)(F)C1O. The lowest BCUT2D eigenvalue weighted by Gasteiger charge is -2.17. The predicted molar refractivity (Wildman–Crippen MR) is 87.5 cm³/mol. The summed E-state index contributed by atoms with van der Waals surface area (Å²) in [6.07, 6.45) is -1.74. The number of nitrogens with zero attached hydrogens (tertiary/aromatic N) is 1. The Kier molecular flexibility index (Phi) is 6.48. The molecule has 26 heavy (non-hydrogen) atoms. The van der Waals surface area contributed by atoms with Crippen molar-refractivity contribution in [2.45, 2.75) is 50.5 Å². The monoisotopic (exact) mass is 376 g/mol. The van der Waals surface area contributed by atoms with Crippen molar-refractivity contribution in [2.24, 2.45) is 0 Å². The van der Waals surface area contributed by atoms with E-state index in [1.165, 1.54) is 6.07 Å². The number of H-pyrrole nitrogens is 1. The second kappa shape index (κ2) is 8.41. The molecule has 1 aliphatic rings. The average Bonchev–Trinajstić information content (AvgIpc) is 2.80. The standard InChI is InChI=1S/C15H23F2N5O4/c1-2-3-4-6-19-13(24)20-8-9-11(23)15(16,17)12(26-9)22-7-5-10(18)21-14(22)25/h5,7,9,11-12,23H,2-4,6,8H2,1H3,(H4,18,19,20,21,24,25)/p+1. The maximum absolute atomic E-state index is 14.3. The molecule has 6 N–H and O–H groups in total. The van der Waals surface area contributed by atoms with Gasteiger partial charge in [-0.15, -0.1) is 0 Å². The number of aliphatic hydroxyl groups excluding tert-OH is 1. The number of halogens is 2. The molecule has 9 nitrogen and oxygen atoms in total. The van der Waals surface area contributed by atoms with E-state index in [4.69, 9.17) is 10.5 Å². The minimum absolute atomic E-state index is 0.00562. The third-order valence-corrected chi connectivity index (χ3v) is 4.06. The zero-order chi connectivity index (χ0) is 19.3. The van der Waals surface area contributed by atoms with Crippen LogP contribution in [0.25, 0.3) is 0 Å². The highest BCUT2D eigenvalue weighted by molar-refractivity contribution is 5.73.